The molecule has 0 amide bonds. The Morgan fingerprint density at radius 1 is 0.510 bits per heavy atom. The number of fused-ring (bicyclic) bond motifs is 9. The lowest BCUT2D eigenvalue weighted by molar-refractivity contribution is 0.636. The number of nitrogens with zero attached hydrogens (tertiary/aromatic N) is 3. The first-order chi connectivity index (χ1) is 25.3. The van der Waals surface area contributed by atoms with Crippen LogP contribution in [0.15, 0.2) is 176 Å². The van der Waals surface area contributed by atoms with E-state index >= 15 is 0 Å². The Hall–Kier alpha value is -6.32. The van der Waals surface area contributed by atoms with Gasteiger partial charge in [-0.3, -0.25) is 0 Å². The maximum atomic E-state index is 2.58. The molecular formula is C48H35N3. The van der Waals surface area contributed by atoms with Crippen molar-refractivity contribution in [3.05, 3.63) is 193 Å². The Kier molecular flexibility index (Phi) is 6.20. The highest BCUT2D eigenvalue weighted by Crippen LogP contribution is 2.49. The van der Waals surface area contributed by atoms with Crippen LogP contribution >= 0.6 is 0 Å². The molecule has 3 unspecified atom stereocenters. The number of rotatable bonds is 4. The largest absolute Gasteiger partial charge is 0.333 e. The van der Waals surface area contributed by atoms with Crippen LogP contribution in [0.25, 0.3) is 55.6 Å². The van der Waals surface area contributed by atoms with Gasteiger partial charge in [0, 0.05) is 55.9 Å². The van der Waals surface area contributed by atoms with E-state index in [9.17, 15) is 0 Å². The zero-order valence-corrected chi connectivity index (χ0v) is 28.1. The quantitative estimate of drug-likeness (QED) is 0.184. The van der Waals surface area contributed by atoms with E-state index in [-0.39, 0.29) is 12.1 Å². The molecule has 8 aromatic rings. The summed E-state index contributed by atoms with van der Waals surface area (Å²) in [5, 5.41) is 3.93. The summed E-state index contributed by atoms with van der Waals surface area (Å²) in [6.45, 7) is 0. The first kappa shape index (κ1) is 28.5. The predicted octanol–water partition coefficient (Wildman–Crippen LogP) is 11.9. The maximum Gasteiger partial charge on any atom is 0.0629 e. The normalized spacial score (nSPS) is 18.8. The second-order valence-corrected chi connectivity index (χ2v) is 14.1. The van der Waals surface area contributed by atoms with E-state index in [0.29, 0.717) is 5.92 Å². The SMILES string of the molecule is C1=CC2c3ccccc3N(c3ccc4c(c3)c3c(n4-c4ccccc4)C=CC(n4c5ccccc5c5cc(-c6ccccc6)ccc54)C3)C2C=C1. The molecule has 0 saturated heterocycles. The summed E-state index contributed by atoms with van der Waals surface area (Å²) in [7, 11) is 0. The van der Waals surface area contributed by atoms with Crippen molar-refractivity contribution in [1.82, 2.24) is 9.13 Å². The van der Waals surface area contributed by atoms with Crippen molar-refractivity contribution in [1.29, 1.82) is 0 Å². The summed E-state index contributed by atoms with van der Waals surface area (Å²) in [6, 6.07) is 54.0. The summed E-state index contributed by atoms with van der Waals surface area (Å²) in [4.78, 5) is 2.55. The van der Waals surface area contributed by atoms with Crippen LogP contribution in [-0.4, -0.2) is 15.2 Å². The van der Waals surface area contributed by atoms with Crippen molar-refractivity contribution >= 4 is 50.2 Å². The Morgan fingerprint density at radius 3 is 2.16 bits per heavy atom. The van der Waals surface area contributed by atoms with Gasteiger partial charge < -0.3 is 14.0 Å². The van der Waals surface area contributed by atoms with Gasteiger partial charge in [-0.1, -0.05) is 121 Å². The smallest absolute Gasteiger partial charge is 0.0629 e. The second-order valence-electron chi connectivity index (χ2n) is 14.1. The Balaban J connectivity index is 1.09. The van der Waals surface area contributed by atoms with Crippen LogP contribution in [0.1, 0.15) is 28.8 Å². The number of para-hydroxylation sites is 3. The average Bonchev–Trinajstić information content (AvgIpc) is 3.83. The van der Waals surface area contributed by atoms with Crippen molar-refractivity contribution in [2.45, 2.75) is 24.4 Å². The molecule has 2 aliphatic carbocycles. The summed E-state index contributed by atoms with van der Waals surface area (Å²) in [5.74, 6) is 0.356. The van der Waals surface area contributed by atoms with Crippen molar-refractivity contribution in [3.63, 3.8) is 0 Å². The van der Waals surface area contributed by atoms with Crippen molar-refractivity contribution in [2.24, 2.45) is 0 Å². The zero-order chi connectivity index (χ0) is 33.5. The topological polar surface area (TPSA) is 13.1 Å². The predicted molar refractivity (Wildman–Crippen MR) is 213 cm³/mol. The molecule has 0 N–H and O–H groups in total. The van der Waals surface area contributed by atoms with Gasteiger partial charge in [0.05, 0.1) is 17.6 Å². The number of aromatic nitrogens is 2. The molecular weight excluding hydrogens is 619 g/mol. The van der Waals surface area contributed by atoms with E-state index in [1.807, 2.05) is 0 Å². The monoisotopic (exact) mass is 653 g/mol. The number of hydrogen-bond acceptors (Lipinski definition) is 1. The van der Waals surface area contributed by atoms with E-state index in [1.54, 1.807) is 0 Å². The third-order valence-electron chi connectivity index (χ3n) is 11.4. The Bertz CT molecular complexity index is 2740. The molecule has 0 radical (unpaired) electrons. The van der Waals surface area contributed by atoms with Gasteiger partial charge in [0.25, 0.3) is 0 Å². The minimum absolute atomic E-state index is 0.171. The number of hydrogen-bond donors (Lipinski definition) is 0. The van der Waals surface area contributed by atoms with Gasteiger partial charge in [0.15, 0.2) is 0 Å². The third-order valence-corrected chi connectivity index (χ3v) is 11.4. The van der Waals surface area contributed by atoms with Crippen LogP contribution in [0.3, 0.4) is 0 Å². The molecule has 0 bridgehead atoms. The lowest BCUT2D eigenvalue weighted by atomic mass is 9.91. The van der Waals surface area contributed by atoms with Crippen molar-refractivity contribution in [2.75, 3.05) is 4.90 Å². The Labute approximate surface area is 297 Å². The fourth-order valence-electron chi connectivity index (χ4n) is 9.18. The van der Waals surface area contributed by atoms with Crippen LogP contribution in [-0.2, 0) is 6.42 Å². The average molecular weight is 654 g/mol. The van der Waals surface area contributed by atoms with E-state index in [2.05, 4.69) is 196 Å². The minimum atomic E-state index is 0.171. The number of benzene rings is 6. The van der Waals surface area contributed by atoms with Gasteiger partial charge in [-0.2, -0.15) is 0 Å². The molecule has 3 atom stereocenters. The molecule has 0 fully saturated rings. The van der Waals surface area contributed by atoms with Gasteiger partial charge in [-0.15, -0.1) is 0 Å². The van der Waals surface area contributed by atoms with Gasteiger partial charge in [0.2, 0.25) is 0 Å². The maximum absolute atomic E-state index is 2.58. The fraction of sp³-hybridized carbons (Fsp3) is 0.0833. The van der Waals surface area contributed by atoms with Gasteiger partial charge in [-0.05, 0) is 89.3 Å². The van der Waals surface area contributed by atoms with Crippen molar-refractivity contribution < 1.29 is 0 Å². The van der Waals surface area contributed by atoms with Crippen LogP contribution in [0.5, 0.6) is 0 Å². The lowest BCUT2D eigenvalue weighted by Gasteiger charge is -2.29. The van der Waals surface area contributed by atoms with Crippen LogP contribution in [0, 0.1) is 0 Å². The minimum Gasteiger partial charge on any atom is -0.333 e. The highest BCUT2D eigenvalue weighted by Gasteiger charge is 2.37. The van der Waals surface area contributed by atoms with Gasteiger partial charge in [-0.25, -0.2) is 0 Å². The molecule has 3 aliphatic rings. The molecule has 0 saturated carbocycles. The first-order valence-corrected chi connectivity index (χ1v) is 18.0. The van der Waals surface area contributed by atoms with E-state index in [0.717, 1.165) is 6.42 Å². The van der Waals surface area contributed by atoms with Gasteiger partial charge in [0.1, 0.15) is 0 Å². The molecule has 3 heteroatoms. The van der Waals surface area contributed by atoms with Crippen LogP contribution < -0.4 is 4.90 Å². The van der Waals surface area contributed by atoms with Gasteiger partial charge >= 0.3 is 0 Å². The molecule has 6 aromatic carbocycles. The summed E-state index contributed by atoms with van der Waals surface area (Å²) in [5.41, 5.74) is 14.1. The summed E-state index contributed by atoms with van der Waals surface area (Å²) >= 11 is 0. The number of allylic oxidation sites excluding steroid dienone is 3. The molecule has 0 spiro atoms. The number of anilines is 2. The molecule has 51 heavy (non-hydrogen) atoms. The van der Waals surface area contributed by atoms with Crippen LogP contribution in [0.4, 0.5) is 11.4 Å². The standard InChI is InChI=1S/C48H35N3/c1-3-13-32(14-4-1)33-23-26-46-40(29-33)39-19-9-12-22-45(39)51(46)36-25-28-48-42(31-36)41-30-35(24-27-47(41)49(48)34-15-5-2-6-16-34)50-43-20-10-7-17-37(43)38-18-8-11-21-44(38)50/h1-30,36-37,43H,31H2. The van der Waals surface area contributed by atoms with E-state index < -0.39 is 0 Å². The molecule has 2 aromatic heterocycles. The third kappa shape index (κ3) is 4.25. The zero-order valence-electron chi connectivity index (χ0n) is 28.1. The summed E-state index contributed by atoms with van der Waals surface area (Å²) < 4.78 is 5.04. The highest BCUT2D eigenvalue weighted by molar-refractivity contribution is 6.09. The van der Waals surface area contributed by atoms with Crippen molar-refractivity contribution in [3.8, 4) is 16.8 Å². The summed E-state index contributed by atoms with van der Waals surface area (Å²) in [6.07, 6.45) is 14.8. The molecule has 11 rings (SSSR count). The Morgan fingerprint density at radius 2 is 1.25 bits per heavy atom. The second kappa shape index (κ2) is 11.1. The molecule has 3 nitrogen and oxygen atoms in total. The first-order valence-electron chi connectivity index (χ1n) is 18.0. The van der Waals surface area contributed by atoms with E-state index in [1.165, 1.54) is 77.7 Å². The highest BCUT2D eigenvalue weighted by atomic mass is 15.2. The van der Waals surface area contributed by atoms with E-state index in [4.69, 9.17) is 0 Å². The molecule has 1 aliphatic heterocycles. The molecule has 3 heterocycles. The van der Waals surface area contributed by atoms with Crippen LogP contribution in [0.2, 0.25) is 0 Å². The lowest BCUT2D eigenvalue weighted by Crippen LogP contribution is -2.28. The molecule has 242 valence electrons. The fourth-order valence-corrected chi connectivity index (χ4v) is 9.18.